The molecule has 1 aromatic heterocycles. The maximum atomic E-state index is 13.1. The van der Waals surface area contributed by atoms with E-state index in [0.29, 0.717) is 31.1 Å². The van der Waals surface area contributed by atoms with Crippen LogP contribution in [0.3, 0.4) is 0 Å². The van der Waals surface area contributed by atoms with Gasteiger partial charge in [-0.25, -0.2) is 4.39 Å². The smallest absolute Gasteiger partial charge is 0.276 e. The standard InChI is InChI=1S/C20H24FN3O3/c21-16-3-1-14(2-4-16)15-5-10-24(12-15)20(26)19-11-18(27-22-19)13-23-8-6-17(25)7-9-23/h1-4,11,15,17,25H,5-10,12-13H2. The number of carbonyl (C=O) groups is 1. The number of aliphatic hydroxyl groups is 1. The van der Waals surface area contributed by atoms with Crippen LogP contribution < -0.4 is 0 Å². The third kappa shape index (κ3) is 4.20. The van der Waals surface area contributed by atoms with Crippen LogP contribution in [0, 0.1) is 5.82 Å². The number of likely N-dealkylation sites (tertiary alicyclic amines) is 2. The predicted octanol–water partition coefficient (Wildman–Crippen LogP) is 2.40. The summed E-state index contributed by atoms with van der Waals surface area (Å²) in [6, 6.07) is 8.22. The summed E-state index contributed by atoms with van der Waals surface area (Å²) < 4.78 is 18.4. The topological polar surface area (TPSA) is 69.8 Å². The van der Waals surface area contributed by atoms with E-state index in [1.54, 1.807) is 23.1 Å². The summed E-state index contributed by atoms with van der Waals surface area (Å²) in [6.07, 6.45) is 2.17. The van der Waals surface area contributed by atoms with Gasteiger partial charge in [-0.3, -0.25) is 9.69 Å². The summed E-state index contributed by atoms with van der Waals surface area (Å²) in [6.45, 7) is 3.50. The lowest BCUT2D eigenvalue weighted by molar-refractivity contribution is 0.0744. The maximum absolute atomic E-state index is 13.1. The minimum atomic E-state index is -0.247. The van der Waals surface area contributed by atoms with Crippen molar-refractivity contribution in [1.82, 2.24) is 15.0 Å². The van der Waals surface area contributed by atoms with Gasteiger partial charge in [-0.15, -0.1) is 0 Å². The molecule has 0 saturated carbocycles. The van der Waals surface area contributed by atoms with Crippen molar-refractivity contribution in [1.29, 1.82) is 0 Å². The highest BCUT2D eigenvalue weighted by Crippen LogP contribution is 2.28. The minimum Gasteiger partial charge on any atom is -0.393 e. The Labute approximate surface area is 157 Å². The first-order valence-corrected chi connectivity index (χ1v) is 9.49. The van der Waals surface area contributed by atoms with Gasteiger partial charge in [0.05, 0.1) is 12.6 Å². The number of piperidine rings is 1. The summed E-state index contributed by atoms with van der Waals surface area (Å²) in [5, 5.41) is 13.5. The third-order valence-corrected chi connectivity index (χ3v) is 5.53. The first-order valence-electron chi connectivity index (χ1n) is 9.49. The molecule has 144 valence electrons. The molecule has 1 amide bonds. The highest BCUT2D eigenvalue weighted by Gasteiger charge is 2.30. The van der Waals surface area contributed by atoms with Crippen molar-refractivity contribution in [2.24, 2.45) is 0 Å². The average Bonchev–Trinajstić information content (AvgIpc) is 3.34. The van der Waals surface area contributed by atoms with Crippen LogP contribution in [0.2, 0.25) is 0 Å². The Morgan fingerprint density at radius 1 is 1.19 bits per heavy atom. The molecule has 1 unspecified atom stereocenters. The molecule has 2 aliphatic rings. The number of carbonyl (C=O) groups excluding carboxylic acids is 1. The molecular weight excluding hydrogens is 349 g/mol. The summed E-state index contributed by atoms with van der Waals surface area (Å²) in [5.74, 6) is 0.524. The van der Waals surface area contributed by atoms with Crippen molar-refractivity contribution in [3.05, 3.63) is 53.2 Å². The van der Waals surface area contributed by atoms with Gasteiger partial charge in [0, 0.05) is 38.2 Å². The first-order chi connectivity index (χ1) is 13.1. The van der Waals surface area contributed by atoms with Crippen LogP contribution >= 0.6 is 0 Å². The van der Waals surface area contributed by atoms with Gasteiger partial charge in [-0.1, -0.05) is 17.3 Å². The summed E-state index contributed by atoms with van der Waals surface area (Å²) in [4.78, 5) is 16.7. The van der Waals surface area contributed by atoms with Crippen molar-refractivity contribution in [2.45, 2.75) is 37.8 Å². The number of aromatic nitrogens is 1. The van der Waals surface area contributed by atoms with Gasteiger partial charge in [0.15, 0.2) is 11.5 Å². The summed E-state index contributed by atoms with van der Waals surface area (Å²) in [7, 11) is 0. The predicted molar refractivity (Wildman–Crippen MR) is 96.7 cm³/mol. The number of benzene rings is 1. The van der Waals surface area contributed by atoms with Gasteiger partial charge in [-0.05, 0) is 37.0 Å². The minimum absolute atomic E-state index is 0.122. The normalized spacial score (nSPS) is 21.7. The van der Waals surface area contributed by atoms with E-state index in [0.717, 1.165) is 37.9 Å². The molecule has 2 saturated heterocycles. The van der Waals surface area contributed by atoms with E-state index in [2.05, 4.69) is 10.1 Å². The molecule has 7 heteroatoms. The fourth-order valence-electron chi connectivity index (χ4n) is 3.90. The quantitative estimate of drug-likeness (QED) is 0.891. The van der Waals surface area contributed by atoms with Crippen LogP contribution in [0.1, 0.15) is 47.0 Å². The van der Waals surface area contributed by atoms with E-state index in [4.69, 9.17) is 4.52 Å². The molecule has 2 aromatic rings. The maximum Gasteiger partial charge on any atom is 0.276 e. The second-order valence-electron chi connectivity index (χ2n) is 7.47. The van der Waals surface area contributed by atoms with Gasteiger partial charge in [0.1, 0.15) is 5.82 Å². The molecule has 1 atom stereocenters. The molecule has 0 spiro atoms. The molecule has 0 radical (unpaired) electrons. The molecule has 1 N–H and O–H groups in total. The Bertz CT molecular complexity index is 784. The molecule has 4 rings (SSSR count). The first kappa shape index (κ1) is 18.1. The molecule has 0 aliphatic carbocycles. The molecule has 0 bridgehead atoms. The van der Waals surface area contributed by atoms with E-state index in [1.807, 2.05) is 0 Å². The Kier molecular flexibility index (Phi) is 5.22. The van der Waals surface area contributed by atoms with Crippen LogP contribution in [-0.4, -0.2) is 58.3 Å². The van der Waals surface area contributed by atoms with Crippen molar-refractivity contribution in [2.75, 3.05) is 26.2 Å². The highest BCUT2D eigenvalue weighted by atomic mass is 19.1. The number of hydrogen-bond donors (Lipinski definition) is 1. The van der Waals surface area contributed by atoms with E-state index in [1.165, 1.54) is 12.1 Å². The summed E-state index contributed by atoms with van der Waals surface area (Å²) >= 11 is 0. The van der Waals surface area contributed by atoms with Crippen LogP contribution in [0.4, 0.5) is 4.39 Å². The number of amides is 1. The average molecular weight is 373 g/mol. The Balaban J connectivity index is 1.35. The third-order valence-electron chi connectivity index (χ3n) is 5.53. The van der Waals surface area contributed by atoms with Crippen LogP contribution in [0.5, 0.6) is 0 Å². The zero-order valence-corrected chi connectivity index (χ0v) is 15.2. The Morgan fingerprint density at radius 3 is 2.67 bits per heavy atom. The number of nitrogens with zero attached hydrogens (tertiary/aromatic N) is 3. The zero-order valence-electron chi connectivity index (χ0n) is 15.2. The fraction of sp³-hybridized carbons (Fsp3) is 0.500. The number of hydrogen-bond acceptors (Lipinski definition) is 5. The van der Waals surface area contributed by atoms with E-state index < -0.39 is 0 Å². The van der Waals surface area contributed by atoms with Gasteiger partial charge in [-0.2, -0.15) is 0 Å². The van der Waals surface area contributed by atoms with Crippen molar-refractivity contribution < 1.29 is 18.8 Å². The van der Waals surface area contributed by atoms with Crippen LogP contribution in [-0.2, 0) is 6.54 Å². The zero-order chi connectivity index (χ0) is 18.8. The molecule has 1 aromatic carbocycles. The molecule has 2 aliphatic heterocycles. The van der Waals surface area contributed by atoms with Crippen LogP contribution in [0.25, 0.3) is 0 Å². The lowest BCUT2D eigenvalue weighted by Gasteiger charge is -2.28. The lowest BCUT2D eigenvalue weighted by Crippen LogP contribution is -2.35. The Morgan fingerprint density at radius 2 is 1.93 bits per heavy atom. The Hall–Kier alpha value is -2.25. The largest absolute Gasteiger partial charge is 0.393 e. The monoisotopic (exact) mass is 373 g/mol. The van der Waals surface area contributed by atoms with Crippen molar-refractivity contribution in [3.63, 3.8) is 0 Å². The van der Waals surface area contributed by atoms with E-state index in [9.17, 15) is 14.3 Å². The van der Waals surface area contributed by atoms with E-state index >= 15 is 0 Å². The van der Waals surface area contributed by atoms with Crippen molar-refractivity contribution >= 4 is 5.91 Å². The second kappa shape index (κ2) is 7.78. The van der Waals surface area contributed by atoms with Crippen LogP contribution in [0.15, 0.2) is 34.9 Å². The van der Waals surface area contributed by atoms with Crippen molar-refractivity contribution in [3.8, 4) is 0 Å². The number of aliphatic hydroxyl groups excluding tert-OH is 1. The molecule has 27 heavy (non-hydrogen) atoms. The van der Waals surface area contributed by atoms with Gasteiger partial charge in [0.2, 0.25) is 0 Å². The van der Waals surface area contributed by atoms with Gasteiger partial charge < -0.3 is 14.5 Å². The van der Waals surface area contributed by atoms with E-state index in [-0.39, 0.29) is 23.7 Å². The van der Waals surface area contributed by atoms with Gasteiger partial charge in [0.25, 0.3) is 5.91 Å². The van der Waals surface area contributed by atoms with Gasteiger partial charge >= 0.3 is 0 Å². The summed E-state index contributed by atoms with van der Waals surface area (Å²) in [5.41, 5.74) is 1.39. The fourth-order valence-corrected chi connectivity index (χ4v) is 3.90. The molecule has 3 heterocycles. The SMILES string of the molecule is O=C(c1cc(CN2CCC(O)CC2)on1)N1CCC(c2ccc(F)cc2)C1. The molecule has 2 fully saturated rings. The molecule has 6 nitrogen and oxygen atoms in total. The molecular formula is C20H24FN3O3. The number of rotatable bonds is 4. The number of halogens is 1. The highest BCUT2D eigenvalue weighted by molar-refractivity contribution is 5.92. The lowest BCUT2D eigenvalue weighted by atomic mass is 9.99. The second-order valence-corrected chi connectivity index (χ2v) is 7.47.